The number of nitrogens with zero attached hydrogens (tertiary/aromatic N) is 5. The van der Waals surface area contributed by atoms with Crippen molar-refractivity contribution >= 4 is 11.8 Å². The van der Waals surface area contributed by atoms with Crippen LogP contribution in [0.25, 0.3) is 5.69 Å². The zero-order valence-electron chi connectivity index (χ0n) is 18.7. The van der Waals surface area contributed by atoms with E-state index in [1.807, 2.05) is 30.0 Å². The van der Waals surface area contributed by atoms with Crippen LogP contribution in [0.5, 0.6) is 0 Å². The second-order valence-corrected chi connectivity index (χ2v) is 8.38. The Hall–Kier alpha value is -3.55. The van der Waals surface area contributed by atoms with Crippen molar-refractivity contribution in [3.8, 4) is 5.69 Å². The topological polar surface area (TPSA) is 93.0 Å². The number of carbonyl (C=O) groups excluding carboxylic acids is 2. The van der Waals surface area contributed by atoms with Crippen LogP contribution in [0, 0.1) is 6.92 Å². The smallest absolute Gasteiger partial charge is 0.291 e. The number of piperidine rings is 1. The van der Waals surface area contributed by atoms with Crippen LogP contribution in [0.1, 0.15) is 65.0 Å². The summed E-state index contributed by atoms with van der Waals surface area (Å²) in [6.07, 6.45) is 4.62. The zero-order chi connectivity index (χ0) is 22.7. The number of pyridine rings is 1. The lowest BCUT2D eigenvalue weighted by atomic mass is 10.0. The van der Waals surface area contributed by atoms with Gasteiger partial charge in [0, 0.05) is 37.1 Å². The van der Waals surface area contributed by atoms with E-state index in [1.54, 1.807) is 29.2 Å². The largest absolute Gasteiger partial charge is 0.346 e. The van der Waals surface area contributed by atoms with Crippen molar-refractivity contribution in [1.29, 1.82) is 0 Å². The third kappa shape index (κ3) is 4.54. The predicted molar refractivity (Wildman–Crippen MR) is 121 cm³/mol. The Bertz CT molecular complexity index is 1100. The third-order valence-electron chi connectivity index (χ3n) is 5.80. The molecule has 0 radical (unpaired) electrons. The van der Waals surface area contributed by atoms with Gasteiger partial charge in [-0.05, 0) is 49.4 Å². The molecule has 8 heteroatoms. The first-order valence-corrected chi connectivity index (χ1v) is 11.0. The molecule has 8 nitrogen and oxygen atoms in total. The zero-order valence-corrected chi connectivity index (χ0v) is 18.7. The molecule has 0 spiro atoms. The van der Waals surface area contributed by atoms with Gasteiger partial charge in [0.1, 0.15) is 5.82 Å². The van der Waals surface area contributed by atoms with Crippen molar-refractivity contribution in [2.45, 2.75) is 45.6 Å². The van der Waals surface area contributed by atoms with Gasteiger partial charge in [0.2, 0.25) is 5.82 Å². The quantitative estimate of drug-likeness (QED) is 0.669. The Balaban J connectivity index is 1.40. The van der Waals surface area contributed by atoms with Gasteiger partial charge in [-0.3, -0.25) is 14.6 Å². The highest BCUT2D eigenvalue weighted by Crippen LogP contribution is 2.23. The minimum absolute atomic E-state index is 0.00275. The van der Waals surface area contributed by atoms with Crippen LogP contribution in [0.2, 0.25) is 0 Å². The molecule has 2 aromatic heterocycles. The second-order valence-electron chi connectivity index (χ2n) is 8.38. The number of hydrogen-bond donors (Lipinski definition) is 1. The van der Waals surface area contributed by atoms with Gasteiger partial charge in [0.15, 0.2) is 0 Å². The molecule has 0 unspecified atom stereocenters. The molecule has 3 heterocycles. The fourth-order valence-electron chi connectivity index (χ4n) is 4.04. The Morgan fingerprint density at radius 3 is 2.44 bits per heavy atom. The summed E-state index contributed by atoms with van der Waals surface area (Å²) in [5, 5.41) is 7.53. The van der Waals surface area contributed by atoms with Crippen LogP contribution in [0.15, 0.2) is 48.8 Å². The number of nitrogens with one attached hydrogen (secondary N) is 1. The van der Waals surface area contributed by atoms with E-state index in [-0.39, 0.29) is 23.7 Å². The van der Waals surface area contributed by atoms with Gasteiger partial charge in [-0.25, -0.2) is 9.67 Å². The van der Waals surface area contributed by atoms with E-state index in [1.165, 1.54) is 0 Å². The molecule has 1 saturated heterocycles. The molecule has 0 bridgehead atoms. The van der Waals surface area contributed by atoms with Crippen LogP contribution in [-0.2, 0) is 0 Å². The first kappa shape index (κ1) is 21.7. The van der Waals surface area contributed by atoms with Gasteiger partial charge in [0.05, 0.1) is 5.69 Å². The highest BCUT2D eigenvalue weighted by atomic mass is 16.2. The van der Waals surface area contributed by atoms with Crippen molar-refractivity contribution in [1.82, 2.24) is 30.0 Å². The normalized spacial score (nSPS) is 14.6. The summed E-state index contributed by atoms with van der Waals surface area (Å²) in [6.45, 7) is 7.29. The van der Waals surface area contributed by atoms with Crippen molar-refractivity contribution in [3.05, 3.63) is 71.6 Å². The first-order chi connectivity index (χ1) is 15.4. The molecule has 1 aromatic carbocycles. The summed E-state index contributed by atoms with van der Waals surface area (Å²) in [6, 6.07) is 11.5. The van der Waals surface area contributed by atoms with Crippen molar-refractivity contribution in [2.24, 2.45) is 0 Å². The van der Waals surface area contributed by atoms with Crippen molar-refractivity contribution in [2.75, 3.05) is 13.1 Å². The third-order valence-corrected chi connectivity index (χ3v) is 5.80. The maximum Gasteiger partial charge on any atom is 0.291 e. The molecular weight excluding hydrogens is 404 g/mol. The molecule has 166 valence electrons. The molecule has 1 fully saturated rings. The summed E-state index contributed by atoms with van der Waals surface area (Å²) >= 11 is 0. The Morgan fingerprint density at radius 2 is 1.75 bits per heavy atom. The molecular formula is C24H28N6O2. The summed E-state index contributed by atoms with van der Waals surface area (Å²) in [7, 11) is 0. The van der Waals surface area contributed by atoms with E-state index >= 15 is 0 Å². The Morgan fingerprint density at radius 1 is 1.06 bits per heavy atom. The lowest BCUT2D eigenvalue weighted by Crippen LogP contribution is -2.46. The molecule has 4 rings (SSSR count). The number of aryl methyl sites for hydroxylation is 1. The lowest BCUT2D eigenvalue weighted by molar-refractivity contribution is 0.0697. The molecule has 2 amide bonds. The van der Waals surface area contributed by atoms with Gasteiger partial charge in [-0.2, -0.15) is 0 Å². The molecule has 0 atom stereocenters. The summed E-state index contributed by atoms with van der Waals surface area (Å²) in [4.78, 5) is 35.6. The molecule has 1 N–H and O–H groups in total. The Kier molecular flexibility index (Phi) is 6.30. The SMILES string of the molecule is Cc1nc(C(=O)NC2CCN(C(=O)c3ccncc3)CC2)nn1-c1ccccc1C(C)C. The Labute approximate surface area is 187 Å². The molecule has 1 aliphatic rings. The van der Waals surface area contributed by atoms with E-state index in [0.29, 0.717) is 43.2 Å². The fourth-order valence-corrected chi connectivity index (χ4v) is 4.04. The lowest BCUT2D eigenvalue weighted by Gasteiger charge is -2.32. The van der Waals surface area contributed by atoms with Crippen molar-refractivity contribution in [3.63, 3.8) is 0 Å². The second kappa shape index (κ2) is 9.30. The first-order valence-electron chi connectivity index (χ1n) is 11.0. The number of aromatic nitrogens is 4. The number of amides is 2. The van der Waals surface area contributed by atoms with Crippen LogP contribution in [0.4, 0.5) is 0 Å². The van der Waals surface area contributed by atoms with E-state index in [9.17, 15) is 9.59 Å². The molecule has 0 aliphatic carbocycles. The van der Waals surface area contributed by atoms with Crippen LogP contribution in [0.3, 0.4) is 0 Å². The fraction of sp³-hybridized carbons (Fsp3) is 0.375. The number of para-hydroxylation sites is 1. The van der Waals surface area contributed by atoms with Crippen LogP contribution >= 0.6 is 0 Å². The van der Waals surface area contributed by atoms with Crippen molar-refractivity contribution < 1.29 is 9.59 Å². The number of benzene rings is 1. The number of rotatable bonds is 5. The van der Waals surface area contributed by atoms with Gasteiger partial charge in [-0.15, -0.1) is 5.10 Å². The maximum absolute atomic E-state index is 12.8. The average molecular weight is 433 g/mol. The molecule has 32 heavy (non-hydrogen) atoms. The summed E-state index contributed by atoms with van der Waals surface area (Å²) in [5.74, 6) is 0.870. The highest BCUT2D eigenvalue weighted by molar-refractivity contribution is 5.94. The van der Waals surface area contributed by atoms with Gasteiger partial charge < -0.3 is 10.2 Å². The molecule has 0 saturated carbocycles. The summed E-state index contributed by atoms with van der Waals surface area (Å²) < 4.78 is 1.74. The minimum atomic E-state index is -0.284. The maximum atomic E-state index is 12.8. The van der Waals surface area contributed by atoms with E-state index in [4.69, 9.17) is 0 Å². The monoisotopic (exact) mass is 432 g/mol. The molecule has 1 aliphatic heterocycles. The van der Waals surface area contributed by atoms with Gasteiger partial charge >= 0.3 is 0 Å². The van der Waals surface area contributed by atoms with E-state index in [0.717, 1.165) is 11.3 Å². The van der Waals surface area contributed by atoms with Crippen LogP contribution < -0.4 is 5.32 Å². The predicted octanol–water partition coefficient (Wildman–Crippen LogP) is 3.13. The number of hydrogen-bond acceptors (Lipinski definition) is 5. The minimum Gasteiger partial charge on any atom is -0.346 e. The van der Waals surface area contributed by atoms with Gasteiger partial charge in [-0.1, -0.05) is 32.0 Å². The molecule has 3 aromatic rings. The standard InChI is InChI=1S/C24H28N6O2/c1-16(2)20-6-4-5-7-21(20)30-17(3)26-22(28-30)23(31)27-19-10-14-29(15-11-19)24(32)18-8-12-25-13-9-18/h4-9,12-13,16,19H,10-11,14-15H2,1-3H3,(H,27,31). The number of carbonyl (C=O) groups is 2. The van der Waals surface area contributed by atoms with Gasteiger partial charge in [0.25, 0.3) is 11.8 Å². The summed E-state index contributed by atoms with van der Waals surface area (Å²) in [5.41, 5.74) is 2.72. The van der Waals surface area contributed by atoms with Crippen LogP contribution in [-0.4, -0.2) is 55.6 Å². The van der Waals surface area contributed by atoms with E-state index in [2.05, 4.69) is 40.3 Å². The number of likely N-dealkylation sites (tertiary alicyclic amines) is 1. The average Bonchev–Trinajstić information content (AvgIpc) is 3.21. The highest BCUT2D eigenvalue weighted by Gasteiger charge is 2.26. The van der Waals surface area contributed by atoms with E-state index < -0.39 is 0 Å².